The van der Waals surface area contributed by atoms with Crippen molar-refractivity contribution in [3.63, 3.8) is 0 Å². The second kappa shape index (κ2) is 12.9. The van der Waals surface area contributed by atoms with E-state index in [1.54, 1.807) is 54.6 Å². The molecule has 2 heterocycles. The van der Waals surface area contributed by atoms with E-state index in [2.05, 4.69) is 0 Å². The third-order valence-corrected chi connectivity index (χ3v) is 8.38. The zero-order valence-corrected chi connectivity index (χ0v) is 26.0. The highest BCUT2D eigenvalue weighted by molar-refractivity contribution is 7.85. The van der Waals surface area contributed by atoms with Gasteiger partial charge in [-0.2, -0.15) is 8.42 Å². The van der Waals surface area contributed by atoms with Gasteiger partial charge in [-0.1, -0.05) is 13.0 Å². The van der Waals surface area contributed by atoms with Crippen molar-refractivity contribution in [2.45, 2.75) is 38.1 Å². The molecule has 0 fully saturated rings. The molecular formula is C32H34O12S. The highest BCUT2D eigenvalue weighted by atomic mass is 32.2. The SMILES string of the molecule is CCC(CCS(=O)(=O)O)Oc1cc(CC2=C(c3ccc4c(c3)OCO4)C(=O)OC2(O)c2ccc(OC)cc2)cc(OC)c1OC. The van der Waals surface area contributed by atoms with Gasteiger partial charge in [0.1, 0.15) is 5.75 Å². The van der Waals surface area contributed by atoms with Crippen LogP contribution in [-0.2, 0) is 31.9 Å². The highest BCUT2D eigenvalue weighted by Gasteiger charge is 2.48. The molecule has 2 N–H and O–H groups in total. The number of carbonyl (C=O) groups is 1. The zero-order valence-electron chi connectivity index (χ0n) is 25.2. The van der Waals surface area contributed by atoms with Crippen molar-refractivity contribution in [1.82, 2.24) is 0 Å². The van der Waals surface area contributed by atoms with E-state index in [1.807, 2.05) is 6.92 Å². The van der Waals surface area contributed by atoms with Gasteiger partial charge in [0.2, 0.25) is 12.5 Å². The number of aliphatic hydroxyl groups is 1. The van der Waals surface area contributed by atoms with Crippen LogP contribution in [0.15, 0.2) is 60.2 Å². The fourth-order valence-electron chi connectivity index (χ4n) is 5.33. The molecule has 2 aliphatic heterocycles. The molecule has 3 aromatic rings. The first kappa shape index (κ1) is 31.9. The van der Waals surface area contributed by atoms with Gasteiger partial charge in [0, 0.05) is 24.0 Å². The summed E-state index contributed by atoms with van der Waals surface area (Å²) in [5.74, 6) is -1.03. The number of carbonyl (C=O) groups excluding carboxylic acids is 1. The van der Waals surface area contributed by atoms with Crippen LogP contribution in [0.3, 0.4) is 0 Å². The second-order valence-electron chi connectivity index (χ2n) is 10.4. The summed E-state index contributed by atoms with van der Waals surface area (Å²) in [5, 5.41) is 12.1. The van der Waals surface area contributed by atoms with Crippen LogP contribution in [-0.4, -0.2) is 64.0 Å². The third kappa shape index (κ3) is 6.65. The number of fused-ring (bicyclic) bond motifs is 1. The smallest absolute Gasteiger partial charge is 0.342 e. The van der Waals surface area contributed by atoms with E-state index >= 15 is 0 Å². The van der Waals surface area contributed by atoms with Gasteiger partial charge < -0.3 is 38.3 Å². The lowest BCUT2D eigenvalue weighted by atomic mass is 9.88. The first-order chi connectivity index (χ1) is 21.5. The van der Waals surface area contributed by atoms with Crippen molar-refractivity contribution < 1.29 is 56.0 Å². The lowest BCUT2D eigenvalue weighted by Crippen LogP contribution is -2.29. The van der Waals surface area contributed by atoms with Crippen LogP contribution in [0.4, 0.5) is 0 Å². The molecule has 0 aromatic heterocycles. The number of esters is 1. The molecular weight excluding hydrogens is 608 g/mol. The maximum absolute atomic E-state index is 13.5. The Morgan fingerprint density at radius 3 is 2.29 bits per heavy atom. The Balaban J connectivity index is 1.62. The first-order valence-electron chi connectivity index (χ1n) is 14.1. The normalized spacial score (nSPS) is 18.0. The number of methoxy groups -OCH3 is 3. The molecule has 240 valence electrons. The summed E-state index contributed by atoms with van der Waals surface area (Å²) < 4.78 is 71.3. The van der Waals surface area contributed by atoms with Crippen LogP contribution in [0.2, 0.25) is 0 Å². The summed E-state index contributed by atoms with van der Waals surface area (Å²) in [6, 6.07) is 14.9. The van der Waals surface area contributed by atoms with E-state index in [4.69, 9.17) is 33.2 Å². The van der Waals surface area contributed by atoms with Crippen LogP contribution in [0.5, 0.6) is 34.5 Å². The van der Waals surface area contributed by atoms with Crippen molar-refractivity contribution in [3.8, 4) is 34.5 Å². The van der Waals surface area contributed by atoms with Crippen LogP contribution in [0.25, 0.3) is 5.57 Å². The Hall–Kier alpha value is -4.46. The fraction of sp³-hybridized carbons (Fsp3) is 0.344. The van der Waals surface area contributed by atoms with E-state index in [-0.39, 0.29) is 42.3 Å². The number of hydrogen-bond donors (Lipinski definition) is 2. The van der Waals surface area contributed by atoms with Gasteiger partial charge in [-0.3, -0.25) is 4.55 Å². The molecule has 0 radical (unpaired) electrons. The van der Waals surface area contributed by atoms with Crippen molar-refractivity contribution in [1.29, 1.82) is 0 Å². The molecule has 0 spiro atoms. The molecule has 3 aromatic carbocycles. The standard InChI is InChI=1S/C32H34O12S/c1-5-22(12-13-45(35,36)37)43-28-16-19(15-27(39-3)30(28)40-4)14-24-29(20-6-11-25-26(17-20)42-18-41-25)31(33)44-32(24,34)21-7-9-23(38-2)10-8-21/h6-11,15-17,22,34H,5,12-14,18H2,1-4H3,(H,35,36,37). The van der Waals surface area contributed by atoms with Crippen molar-refractivity contribution in [3.05, 3.63) is 76.9 Å². The van der Waals surface area contributed by atoms with Crippen LogP contribution in [0, 0.1) is 0 Å². The molecule has 0 aliphatic carbocycles. The van der Waals surface area contributed by atoms with Crippen molar-refractivity contribution in [2.24, 2.45) is 0 Å². The van der Waals surface area contributed by atoms with Gasteiger partial charge in [0.05, 0.1) is 38.8 Å². The molecule has 45 heavy (non-hydrogen) atoms. The summed E-state index contributed by atoms with van der Waals surface area (Å²) in [4.78, 5) is 13.5. The van der Waals surface area contributed by atoms with Crippen molar-refractivity contribution >= 4 is 21.7 Å². The third-order valence-electron chi connectivity index (χ3n) is 7.63. The van der Waals surface area contributed by atoms with E-state index in [1.165, 1.54) is 21.3 Å². The first-order valence-corrected chi connectivity index (χ1v) is 15.7. The Bertz CT molecular complexity index is 1710. The summed E-state index contributed by atoms with van der Waals surface area (Å²) in [7, 11) is 0.212. The summed E-state index contributed by atoms with van der Waals surface area (Å²) in [6.45, 7) is 1.86. The largest absolute Gasteiger partial charge is 0.497 e. The molecule has 13 heteroatoms. The zero-order chi connectivity index (χ0) is 32.4. The predicted octanol–water partition coefficient (Wildman–Crippen LogP) is 4.27. The van der Waals surface area contributed by atoms with E-state index in [0.29, 0.717) is 46.1 Å². The number of cyclic esters (lactones) is 1. The monoisotopic (exact) mass is 642 g/mol. The molecule has 0 saturated heterocycles. The van der Waals surface area contributed by atoms with Gasteiger partial charge in [-0.25, -0.2) is 4.79 Å². The van der Waals surface area contributed by atoms with Gasteiger partial charge in [0.25, 0.3) is 15.9 Å². The molecule has 0 bridgehead atoms. The topological polar surface area (TPSA) is 156 Å². The van der Waals surface area contributed by atoms with Crippen molar-refractivity contribution in [2.75, 3.05) is 33.9 Å². The fourth-order valence-corrected chi connectivity index (χ4v) is 5.89. The van der Waals surface area contributed by atoms with Gasteiger partial charge in [-0.05, 0) is 66.1 Å². The number of ether oxygens (including phenoxy) is 7. The maximum Gasteiger partial charge on any atom is 0.342 e. The minimum Gasteiger partial charge on any atom is -0.497 e. The van der Waals surface area contributed by atoms with E-state index in [0.717, 1.165) is 0 Å². The summed E-state index contributed by atoms with van der Waals surface area (Å²) in [5.41, 5.74) is 1.70. The van der Waals surface area contributed by atoms with E-state index < -0.39 is 33.7 Å². The Morgan fingerprint density at radius 1 is 0.933 bits per heavy atom. The summed E-state index contributed by atoms with van der Waals surface area (Å²) >= 11 is 0. The lowest BCUT2D eigenvalue weighted by molar-refractivity contribution is -0.185. The number of benzene rings is 3. The summed E-state index contributed by atoms with van der Waals surface area (Å²) in [6.07, 6.45) is -0.123. The van der Waals surface area contributed by atoms with Gasteiger partial charge in [0.15, 0.2) is 23.0 Å². The van der Waals surface area contributed by atoms with E-state index in [9.17, 15) is 22.9 Å². The molecule has 12 nitrogen and oxygen atoms in total. The molecule has 2 atom stereocenters. The molecule has 2 aliphatic rings. The van der Waals surface area contributed by atoms with Gasteiger partial charge in [-0.15, -0.1) is 0 Å². The minimum absolute atomic E-state index is 0.00340. The quantitative estimate of drug-likeness (QED) is 0.202. The Labute approximate surface area is 260 Å². The van der Waals surface area contributed by atoms with Crippen LogP contribution < -0.4 is 28.4 Å². The molecule has 2 unspecified atom stereocenters. The molecule has 5 rings (SSSR count). The van der Waals surface area contributed by atoms with Gasteiger partial charge >= 0.3 is 5.97 Å². The second-order valence-corrected chi connectivity index (χ2v) is 12.0. The number of rotatable bonds is 13. The van der Waals surface area contributed by atoms with Crippen LogP contribution >= 0.6 is 0 Å². The maximum atomic E-state index is 13.5. The van der Waals surface area contributed by atoms with Crippen LogP contribution in [0.1, 0.15) is 36.5 Å². The molecule has 0 amide bonds. The average Bonchev–Trinajstić information content (AvgIpc) is 3.59. The Morgan fingerprint density at radius 2 is 1.64 bits per heavy atom. The Kier molecular flexibility index (Phi) is 9.14. The minimum atomic E-state index is -4.20. The number of hydrogen-bond acceptors (Lipinski definition) is 11. The predicted molar refractivity (Wildman–Crippen MR) is 161 cm³/mol. The highest BCUT2D eigenvalue weighted by Crippen LogP contribution is 2.48. The lowest BCUT2D eigenvalue weighted by Gasteiger charge is -2.26. The molecule has 0 saturated carbocycles. The average molecular weight is 643 g/mol.